The lowest BCUT2D eigenvalue weighted by Gasteiger charge is -2.33. The molecule has 1 aromatic heterocycles. The van der Waals surface area contributed by atoms with Crippen LogP contribution in [0.15, 0.2) is 53.1 Å². The molecule has 2 aliphatic rings. The zero-order chi connectivity index (χ0) is 25.6. The Morgan fingerprint density at radius 3 is 2.59 bits per heavy atom. The van der Waals surface area contributed by atoms with Gasteiger partial charge in [-0.15, -0.1) is 0 Å². The summed E-state index contributed by atoms with van der Waals surface area (Å²) in [7, 11) is 1.64. The maximum atomic E-state index is 13.0. The third-order valence-electron chi connectivity index (χ3n) is 7.48. The van der Waals surface area contributed by atoms with Crippen LogP contribution in [0.2, 0.25) is 0 Å². The van der Waals surface area contributed by atoms with Crippen LogP contribution in [-0.2, 0) is 17.9 Å². The minimum atomic E-state index is -0.0353. The molecule has 37 heavy (non-hydrogen) atoms. The molecule has 3 heterocycles. The van der Waals surface area contributed by atoms with E-state index in [-0.39, 0.29) is 11.8 Å². The van der Waals surface area contributed by atoms with E-state index in [9.17, 15) is 4.79 Å². The van der Waals surface area contributed by atoms with Crippen LogP contribution < -0.4 is 15.0 Å². The predicted molar refractivity (Wildman–Crippen MR) is 143 cm³/mol. The first kappa shape index (κ1) is 25.3. The molecule has 2 aliphatic heterocycles. The summed E-state index contributed by atoms with van der Waals surface area (Å²) in [5.41, 5.74) is 3.29. The van der Waals surface area contributed by atoms with Gasteiger partial charge in [-0.25, -0.2) is 0 Å². The number of ether oxygens (including phenoxy) is 1. The first-order valence-electron chi connectivity index (χ1n) is 13.4. The van der Waals surface area contributed by atoms with Gasteiger partial charge in [0.05, 0.1) is 19.6 Å². The predicted octanol–water partition coefficient (Wildman–Crippen LogP) is 4.51. The van der Waals surface area contributed by atoms with Crippen molar-refractivity contribution in [2.75, 3.05) is 38.2 Å². The molecule has 1 N–H and O–H groups in total. The zero-order valence-electron chi connectivity index (χ0n) is 21.9. The van der Waals surface area contributed by atoms with Crippen LogP contribution in [0.3, 0.4) is 0 Å². The summed E-state index contributed by atoms with van der Waals surface area (Å²) >= 11 is 0. The molecule has 8 heteroatoms. The Morgan fingerprint density at radius 2 is 1.84 bits per heavy atom. The zero-order valence-corrected chi connectivity index (χ0v) is 21.9. The summed E-state index contributed by atoms with van der Waals surface area (Å²) in [5, 5.41) is 7.28. The van der Waals surface area contributed by atoms with Crippen molar-refractivity contribution in [3.05, 3.63) is 60.0 Å². The van der Waals surface area contributed by atoms with Crippen LogP contribution in [-0.4, -0.2) is 54.2 Å². The number of hydrogen-bond acceptors (Lipinski definition) is 7. The van der Waals surface area contributed by atoms with E-state index in [0.717, 1.165) is 55.3 Å². The Labute approximate surface area is 219 Å². The molecule has 1 amide bonds. The molecule has 5 rings (SSSR count). The number of benzene rings is 2. The van der Waals surface area contributed by atoms with Crippen LogP contribution >= 0.6 is 0 Å². The van der Waals surface area contributed by atoms with Gasteiger partial charge in [-0.05, 0) is 80.1 Å². The number of likely N-dealkylation sites (tertiary alicyclic amines) is 1. The minimum Gasteiger partial charge on any atom is -0.497 e. The molecular weight excluding hydrogens is 466 g/mol. The SMILES string of the molecule is COc1ccc(-c2noc(CN3CCCC(C(=O)NCc4ccc(N5CCCC(C)C5)cc4)C3)n2)cc1. The van der Waals surface area contributed by atoms with Crippen molar-refractivity contribution in [1.82, 2.24) is 20.4 Å². The Bertz CT molecular complexity index is 1160. The normalized spacial score (nSPS) is 20.5. The van der Waals surface area contributed by atoms with Gasteiger partial charge in [-0.3, -0.25) is 9.69 Å². The fourth-order valence-corrected chi connectivity index (χ4v) is 5.36. The second kappa shape index (κ2) is 11.8. The number of nitrogens with one attached hydrogen (secondary N) is 1. The maximum Gasteiger partial charge on any atom is 0.241 e. The first-order valence-corrected chi connectivity index (χ1v) is 13.4. The topological polar surface area (TPSA) is 83.7 Å². The van der Waals surface area contributed by atoms with Crippen LogP contribution in [0.5, 0.6) is 5.75 Å². The fraction of sp³-hybridized carbons (Fsp3) is 0.483. The Balaban J connectivity index is 1.10. The average Bonchev–Trinajstić information content (AvgIpc) is 3.40. The average molecular weight is 504 g/mol. The second-order valence-corrected chi connectivity index (χ2v) is 10.4. The van der Waals surface area contributed by atoms with Crippen LogP contribution in [0.1, 0.15) is 44.1 Å². The van der Waals surface area contributed by atoms with Crippen LogP contribution in [0.25, 0.3) is 11.4 Å². The van der Waals surface area contributed by atoms with Gasteiger partial charge in [0, 0.05) is 37.4 Å². The number of carbonyl (C=O) groups excluding carboxylic acids is 1. The molecule has 2 fully saturated rings. The van der Waals surface area contributed by atoms with Gasteiger partial charge < -0.3 is 19.5 Å². The van der Waals surface area contributed by atoms with Crippen molar-refractivity contribution in [1.29, 1.82) is 0 Å². The molecule has 8 nitrogen and oxygen atoms in total. The van der Waals surface area contributed by atoms with Gasteiger partial charge in [0.1, 0.15) is 5.75 Å². The van der Waals surface area contributed by atoms with E-state index in [0.29, 0.717) is 31.3 Å². The number of amides is 1. The van der Waals surface area contributed by atoms with E-state index in [2.05, 4.69) is 56.4 Å². The molecule has 196 valence electrons. The highest BCUT2D eigenvalue weighted by Gasteiger charge is 2.27. The second-order valence-electron chi connectivity index (χ2n) is 10.4. The molecule has 2 saturated heterocycles. The molecule has 0 saturated carbocycles. The molecule has 2 atom stereocenters. The summed E-state index contributed by atoms with van der Waals surface area (Å²) in [5.74, 6) is 2.74. The monoisotopic (exact) mass is 503 g/mol. The summed E-state index contributed by atoms with van der Waals surface area (Å²) < 4.78 is 10.7. The number of carbonyl (C=O) groups is 1. The largest absolute Gasteiger partial charge is 0.497 e. The van der Waals surface area contributed by atoms with Gasteiger partial charge in [-0.2, -0.15) is 4.98 Å². The van der Waals surface area contributed by atoms with Gasteiger partial charge >= 0.3 is 0 Å². The van der Waals surface area contributed by atoms with Crippen LogP contribution in [0, 0.1) is 11.8 Å². The number of nitrogens with zero attached hydrogens (tertiary/aromatic N) is 4. The lowest BCUT2D eigenvalue weighted by molar-refractivity contribution is -0.127. The molecule has 2 unspecified atom stereocenters. The van der Waals surface area contributed by atoms with Crippen molar-refractivity contribution in [3.63, 3.8) is 0 Å². The molecular formula is C29H37N5O3. The fourth-order valence-electron chi connectivity index (χ4n) is 5.36. The van der Waals surface area contributed by atoms with Crippen LogP contribution in [0.4, 0.5) is 5.69 Å². The van der Waals surface area contributed by atoms with E-state index in [1.54, 1.807) is 7.11 Å². The number of rotatable bonds is 8. The Kier molecular flexibility index (Phi) is 8.04. The lowest BCUT2D eigenvalue weighted by atomic mass is 9.97. The number of hydrogen-bond donors (Lipinski definition) is 1. The highest BCUT2D eigenvalue weighted by atomic mass is 16.5. The quantitative estimate of drug-likeness (QED) is 0.484. The summed E-state index contributed by atoms with van der Waals surface area (Å²) in [4.78, 5) is 22.2. The molecule has 0 aliphatic carbocycles. The van der Waals surface area contributed by atoms with Gasteiger partial charge in [-0.1, -0.05) is 24.2 Å². The molecule has 3 aromatic rings. The highest BCUT2D eigenvalue weighted by molar-refractivity contribution is 5.79. The number of aromatic nitrogens is 2. The van der Waals surface area contributed by atoms with Crippen molar-refractivity contribution in [2.24, 2.45) is 11.8 Å². The number of piperidine rings is 2. The van der Waals surface area contributed by atoms with Crippen molar-refractivity contribution in [3.8, 4) is 17.1 Å². The van der Waals surface area contributed by atoms with E-state index in [1.807, 2.05) is 24.3 Å². The molecule has 0 radical (unpaired) electrons. The third kappa shape index (κ3) is 6.49. The Morgan fingerprint density at radius 1 is 1.05 bits per heavy atom. The molecule has 0 spiro atoms. The molecule has 0 bridgehead atoms. The number of anilines is 1. The highest BCUT2D eigenvalue weighted by Crippen LogP contribution is 2.24. The van der Waals surface area contributed by atoms with E-state index >= 15 is 0 Å². The lowest BCUT2D eigenvalue weighted by Crippen LogP contribution is -2.42. The minimum absolute atomic E-state index is 0.0353. The first-order chi connectivity index (χ1) is 18.1. The van der Waals surface area contributed by atoms with E-state index < -0.39 is 0 Å². The smallest absolute Gasteiger partial charge is 0.241 e. The number of methoxy groups -OCH3 is 1. The summed E-state index contributed by atoms with van der Waals surface area (Å²) in [6.45, 7) is 7.29. The van der Waals surface area contributed by atoms with Crippen molar-refractivity contribution >= 4 is 11.6 Å². The standard InChI is InChI=1S/C29H37N5O3/c1-21-5-3-16-34(18-21)25-11-7-22(8-12-25)17-30-29(35)24-6-4-15-33(19-24)20-27-31-28(32-37-27)23-9-13-26(36-2)14-10-23/h7-14,21,24H,3-6,15-20H2,1-2H3,(H,30,35). The summed E-state index contributed by atoms with van der Waals surface area (Å²) in [6.07, 6.45) is 4.45. The van der Waals surface area contributed by atoms with Gasteiger partial charge in [0.15, 0.2) is 0 Å². The maximum absolute atomic E-state index is 13.0. The van der Waals surface area contributed by atoms with Gasteiger partial charge in [0.2, 0.25) is 17.6 Å². The van der Waals surface area contributed by atoms with E-state index in [4.69, 9.17) is 9.26 Å². The molecule has 2 aromatic carbocycles. The van der Waals surface area contributed by atoms with E-state index in [1.165, 1.54) is 18.5 Å². The van der Waals surface area contributed by atoms with Crippen molar-refractivity contribution < 1.29 is 14.1 Å². The Hall–Kier alpha value is -3.39. The third-order valence-corrected chi connectivity index (χ3v) is 7.48. The van der Waals surface area contributed by atoms with Gasteiger partial charge in [0.25, 0.3) is 0 Å². The van der Waals surface area contributed by atoms with Crippen molar-refractivity contribution in [2.45, 2.75) is 45.7 Å². The summed E-state index contributed by atoms with van der Waals surface area (Å²) in [6, 6.07) is 16.2.